The molecule has 1 aromatic rings. The number of benzene rings is 1. The molecule has 2 nitrogen and oxygen atoms in total. The summed E-state index contributed by atoms with van der Waals surface area (Å²) in [5, 5.41) is 8.81. The largest absolute Gasteiger partial charge is 0.302 e. The number of rotatable bonds is 6. The maximum absolute atomic E-state index is 8.81. The molecule has 0 amide bonds. The van der Waals surface area contributed by atoms with Crippen LogP contribution in [0.25, 0.3) is 0 Å². The van der Waals surface area contributed by atoms with Crippen LogP contribution in [0.1, 0.15) is 37.3 Å². The maximum Gasteiger partial charge on any atom is 0.0991 e. The lowest BCUT2D eigenvalue weighted by Crippen LogP contribution is -2.19. The highest BCUT2D eigenvalue weighted by Crippen LogP contribution is 2.07. The Morgan fingerprint density at radius 2 is 2.12 bits per heavy atom. The second-order valence-corrected chi connectivity index (χ2v) is 4.26. The molecular weight excluding hydrogens is 196 g/mol. The molecule has 0 saturated carbocycles. The molecule has 0 aliphatic rings. The van der Waals surface area contributed by atoms with Crippen LogP contribution < -0.4 is 0 Å². The first-order chi connectivity index (χ1) is 7.76. The molecular formula is C14H20N2. The minimum absolute atomic E-state index is 0.749. The maximum atomic E-state index is 8.81. The zero-order valence-electron chi connectivity index (χ0n) is 10.2. The second-order valence-electron chi connectivity index (χ2n) is 4.26. The van der Waals surface area contributed by atoms with Crippen LogP contribution in [-0.2, 0) is 6.54 Å². The van der Waals surface area contributed by atoms with Crippen molar-refractivity contribution in [3.8, 4) is 6.07 Å². The third-order valence-corrected chi connectivity index (χ3v) is 2.65. The van der Waals surface area contributed by atoms with E-state index in [0.29, 0.717) is 0 Å². The topological polar surface area (TPSA) is 27.0 Å². The molecule has 0 radical (unpaired) electrons. The molecule has 0 aromatic heterocycles. The van der Waals surface area contributed by atoms with Gasteiger partial charge in [0.25, 0.3) is 0 Å². The van der Waals surface area contributed by atoms with Crippen molar-refractivity contribution in [3.63, 3.8) is 0 Å². The monoisotopic (exact) mass is 216 g/mol. The standard InChI is InChI=1S/C14H20N2/c1-3-4-5-9-16(2)12-14-8-6-7-13(10-14)11-15/h6-8,10H,3-5,9,12H2,1-2H3. The lowest BCUT2D eigenvalue weighted by molar-refractivity contribution is 0.318. The normalized spacial score (nSPS) is 10.4. The highest BCUT2D eigenvalue weighted by molar-refractivity contribution is 5.32. The molecule has 0 aliphatic heterocycles. The van der Waals surface area contributed by atoms with E-state index in [9.17, 15) is 0 Å². The van der Waals surface area contributed by atoms with Crippen LogP contribution in [0.4, 0.5) is 0 Å². The van der Waals surface area contributed by atoms with Gasteiger partial charge in [-0.1, -0.05) is 31.9 Å². The summed E-state index contributed by atoms with van der Waals surface area (Å²) in [6, 6.07) is 10.0. The fourth-order valence-corrected chi connectivity index (χ4v) is 1.76. The number of unbranched alkanes of at least 4 members (excludes halogenated alkanes) is 2. The van der Waals surface area contributed by atoms with Gasteiger partial charge in [0, 0.05) is 6.54 Å². The fraction of sp³-hybridized carbons (Fsp3) is 0.500. The van der Waals surface area contributed by atoms with Crippen LogP contribution in [-0.4, -0.2) is 18.5 Å². The quantitative estimate of drug-likeness (QED) is 0.683. The molecule has 0 aliphatic carbocycles. The van der Waals surface area contributed by atoms with E-state index < -0.39 is 0 Å². The van der Waals surface area contributed by atoms with Gasteiger partial charge >= 0.3 is 0 Å². The van der Waals surface area contributed by atoms with Crippen LogP contribution in [0.2, 0.25) is 0 Å². The predicted octanol–water partition coefficient (Wildman–Crippen LogP) is 3.18. The van der Waals surface area contributed by atoms with Crippen molar-refractivity contribution in [2.45, 2.75) is 32.7 Å². The van der Waals surface area contributed by atoms with Gasteiger partial charge in [-0.15, -0.1) is 0 Å². The molecule has 0 bridgehead atoms. The Morgan fingerprint density at radius 3 is 2.81 bits per heavy atom. The second kappa shape index (κ2) is 7.03. The van der Waals surface area contributed by atoms with Gasteiger partial charge in [0.1, 0.15) is 0 Å². The molecule has 0 heterocycles. The smallest absolute Gasteiger partial charge is 0.0991 e. The van der Waals surface area contributed by atoms with Gasteiger partial charge in [-0.05, 0) is 37.7 Å². The van der Waals surface area contributed by atoms with Crippen LogP contribution >= 0.6 is 0 Å². The molecule has 1 aromatic carbocycles. The summed E-state index contributed by atoms with van der Waals surface area (Å²) in [7, 11) is 2.13. The molecule has 0 spiro atoms. The first kappa shape index (κ1) is 12.7. The van der Waals surface area contributed by atoms with Crippen molar-refractivity contribution in [2.75, 3.05) is 13.6 Å². The van der Waals surface area contributed by atoms with Crippen molar-refractivity contribution in [3.05, 3.63) is 35.4 Å². The number of nitrogens with zero attached hydrogens (tertiary/aromatic N) is 2. The Morgan fingerprint density at radius 1 is 1.31 bits per heavy atom. The van der Waals surface area contributed by atoms with Gasteiger partial charge in [0.05, 0.1) is 11.6 Å². The van der Waals surface area contributed by atoms with Gasteiger partial charge in [-0.25, -0.2) is 0 Å². The number of hydrogen-bond donors (Lipinski definition) is 0. The van der Waals surface area contributed by atoms with Crippen LogP contribution in [0.3, 0.4) is 0 Å². The summed E-state index contributed by atoms with van der Waals surface area (Å²) in [5.41, 5.74) is 1.97. The van der Waals surface area contributed by atoms with Crippen LogP contribution in [0.15, 0.2) is 24.3 Å². The lowest BCUT2D eigenvalue weighted by atomic mass is 10.1. The molecule has 2 heteroatoms. The fourth-order valence-electron chi connectivity index (χ4n) is 1.76. The zero-order valence-corrected chi connectivity index (χ0v) is 10.2. The van der Waals surface area contributed by atoms with E-state index in [-0.39, 0.29) is 0 Å². The predicted molar refractivity (Wildman–Crippen MR) is 67.0 cm³/mol. The Hall–Kier alpha value is -1.33. The molecule has 1 rings (SSSR count). The third kappa shape index (κ3) is 4.46. The highest BCUT2D eigenvalue weighted by Gasteiger charge is 2.00. The van der Waals surface area contributed by atoms with Crippen molar-refractivity contribution in [2.24, 2.45) is 0 Å². The van der Waals surface area contributed by atoms with Crippen molar-refractivity contribution < 1.29 is 0 Å². The van der Waals surface area contributed by atoms with Crippen molar-refractivity contribution in [1.29, 1.82) is 5.26 Å². The molecule has 0 unspecified atom stereocenters. The van der Waals surface area contributed by atoms with Crippen LogP contribution in [0, 0.1) is 11.3 Å². The lowest BCUT2D eigenvalue weighted by Gasteiger charge is -2.16. The Labute approximate surface area is 98.5 Å². The van der Waals surface area contributed by atoms with Crippen LogP contribution in [0.5, 0.6) is 0 Å². The van der Waals surface area contributed by atoms with E-state index in [2.05, 4.69) is 31.0 Å². The molecule has 16 heavy (non-hydrogen) atoms. The van der Waals surface area contributed by atoms with E-state index in [1.165, 1.54) is 24.8 Å². The molecule has 0 atom stereocenters. The minimum Gasteiger partial charge on any atom is -0.302 e. The third-order valence-electron chi connectivity index (χ3n) is 2.65. The number of hydrogen-bond acceptors (Lipinski definition) is 2. The van der Waals surface area contributed by atoms with Gasteiger partial charge in [-0.2, -0.15) is 5.26 Å². The molecule has 0 saturated heterocycles. The summed E-state index contributed by atoms with van der Waals surface area (Å²) in [6.45, 7) is 4.28. The molecule has 0 fully saturated rings. The first-order valence-electron chi connectivity index (χ1n) is 5.94. The zero-order chi connectivity index (χ0) is 11.8. The summed E-state index contributed by atoms with van der Waals surface area (Å²) in [4.78, 5) is 2.31. The van der Waals surface area contributed by atoms with E-state index in [1.54, 1.807) is 0 Å². The first-order valence-corrected chi connectivity index (χ1v) is 5.94. The summed E-state index contributed by atoms with van der Waals surface area (Å²) in [6.07, 6.45) is 3.81. The van der Waals surface area contributed by atoms with E-state index >= 15 is 0 Å². The summed E-state index contributed by atoms with van der Waals surface area (Å²) < 4.78 is 0. The highest BCUT2D eigenvalue weighted by atomic mass is 15.1. The summed E-state index contributed by atoms with van der Waals surface area (Å²) >= 11 is 0. The van der Waals surface area contributed by atoms with E-state index in [4.69, 9.17) is 5.26 Å². The average molecular weight is 216 g/mol. The van der Waals surface area contributed by atoms with Gasteiger partial charge in [-0.3, -0.25) is 0 Å². The minimum atomic E-state index is 0.749. The Balaban J connectivity index is 2.43. The molecule has 0 N–H and O–H groups in total. The Bertz CT molecular complexity index is 352. The number of nitriles is 1. The van der Waals surface area contributed by atoms with E-state index in [1.807, 2.05) is 18.2 Å². The van der Waals surface area contributed by atoms with Gasteiger partial charge in [0.15, 0.2) is 0 Å². The van der Waals surface area contributed by atoms with Gasteiger partial charge in [0.2, 0.25) is 0 Å². The SMILES string of the molecule is CCCCCN(C)Cc1cccc(C#N)c1. The van der Waals surface area contributed by atoms with E-state index in [0.717, 1.165) is 18.7 Å². The van der Waals surface area contributed by atoms with Crippen molar-refractivity contribution in [1.82, 2.24) is 4.90 Å². The van der Waals surface area contributed by atoms with Crippen molar-refractivity contribution >= 4 is 0 Å². The summed E-state index contributed by atoms with van der Waals surface area (Å²) in [5.74, 6) is 0. The average Bonchev–Trinajstić information content (AvgIpc) is 2.29. The molecule has 86 valence electrons. The Kier molecular flexibility index (Phi) is 5.60. The van der Waals surface area contributed by atoms with Gasteiger partial charge < -0.3 is 4.90 Å².